The molecule has 0 aromatic heterocycles. The summed E-state index contributed by atoms with van der Waals surface area (Å²) in [5, 5.41) is 3.54. The summed E-state index contributed by atoms with van der Waals surface area (Å²) in [5.74, 6) is 0. The average molecular weight is 269 g/mol. The van der Waals surface area contributed by atoms with Crippen molar-refractivity contribution in [3.05, 3.63) is 65.7 Å². The Balaban J connectivity index is 1.79. The maximum Gasteiger partial charge on any atom is 0.0503 e. The second kappa shape index (κ2) is 8.39. The fourth-order valence-corrected chi connectivity index (χ4v) is 2.28. The van der Waals surface area contributed by atoms with Gasteiger partial charge in [-0.1, -0.05) is 48.5 Å². The van der Waals surface area contributed by atoms with E-state index in [2.05, 4.69) is 59.9 Å². The number of ether oxygens (including phenoxy) is 1. The summed E-state index contributed by atoms with van der Waals surface area (Å²) in [4.78, 5) is 0. The number of methoxy groups -OCH3 is 1. The van der Waals surface area contributed by atoms with Crippen LogP contribution in [0.1, 0.15) is 17.5 Å². The molecule has 0 radical (unpaired) electrons. The Morgan fingerprint density at radius 3 is 2.45 bits per heavy atom. The van der Waals surface area contributed by atoms with Gasteiger partial charge in [0.25, 0.3) is 0 Å². The van der Waals surface area contributed by atoms with Crippen LogP contribution in [0, 0.1) is 0 Å². The molecule has 0 saturated heterocycles. The Morgan fingerprint density at radius 1 is 0.900 bits per heavy atom. The van der Waals surface area contributed by atoms with Gasteiger partial charge >= 0.3 is 0 Å². The van der Waals surface area contributed by atoms with Gasteiger partial charge in [0, 0.05) is 19.3 Å². The summed E-state index contributed by atoms with van der Waals surface area (Å²) >= 11 is 0. The Bertz CT molecular complexity index is 496. The molecule has 106 valence electrons. The van der Waals surface area contributed by atoms with E-state index in [9.17, 15) is 0 Å². The third kappa shape index (κ3) is 4.71. The molecule has 2 aromatic rings. The van der Waals surface area contributed by atoms with Gasteiger partial charge in [-0.25, -0.2) is 0 Å². The van der Waals surface area contributed by atoms with Crippen LogP contribution < -0.4 is 5.32 Å². The zero-order valence-corrected chi connectivity index (χ0v) is 12.1. The first-order valence-electron chi connectivity index (χ1n) is 7.25. The van der Waals surface area contributed by atoms with E-state index in [1.165, 1.54) is 16.8 Å². The highest BCUT2D eigenvalue weighted by Crippen LogP contribution is 2.15. The SMILES string of the molecule is COCCc1ccccc1NCCCc1ccccc1. The molecule has 2 nitrogen and oxygen atoms in total. The minimum atomic E-state index is 0.767. The van der Waals surface area contributed by atoms with Gasteiger partial charge in [-0.15, -0.1) is 0 Å². The number of nitrogens with one attached hydrogen (secondary N) is 1. The zero-order valence-electron chi connectivity index (χ0n) is 12.1. The molecule has 1 N–H and O–H groups in total. The van der Waals surface area contributed by atoms with Crippen LogP contribution in [0.4, 0.5) is 5.69 Å². The number of aryl methyl sites for hydroxylation is 1. The third-order valence-corrected chi connectivity index (χ3v) is 3.39. The first-order chi connectivity index (χ1) is 9.90. The maximum absolute atomic E-state index is 5.16. The predicted octanol–water partition coefficient (Wildman–Crippen LogP) is 3.92. The molecule has 2 heteroatoms. The lowest BCUT2D eigenvalue weighted by molar-refractivity contribution is 0.202. The van der Waals surface area contributed by atoms with Crippen LogP contribution in [0.15, 0.2) is 54.6 Å². The van der Waals surface area contributed by atoms with Crippen molar-refractivity contribution in [1.82, 2.24) is 0 Å². The monoisotopic (exact) mass is 269 g/mol. The molecule has 2 rings (SSSR count). The molecule has 0 saturated carbocycles. The fourth-order valence-electron chi connectivity index (χ4n) is 2.28. The van der Waals surface area contributed by atoms with Crippen LogP contribution in [0.5, 0.6) is 0 Å². The molecular weight excluding hydrogens is 246 g/mol. The van der Waals surface area contributed by atoms with E-state index < -0.39 is 0 Å². The van der Waals surface area contributed by atoms with Crippen molar-refractivity contribution in [3.63, 3.8) is 0 Å². The highest BCUT2D eigenvalue weighted by molar-refractivity contribution is 5.51. The minimum Gasteiger partial charge on any atom is -0.385 e. The molecule has 0 spiro atoms. The Morgan fingerprint density at radius 2 is 1.65 bits per heavy atom. The van der Waals surface area contributed by atoms with Crippen molar-refractivity contribution >= 4 is 5.69 Å². The van der Waals surface area contributed by atoms with Gasteiger partial charge in [0.2, 0.25) is 0 Å². The van der Waals surface area contributed by atoms with Gasteiger partial charge in [-0.05, 0) is 36.5 Å². The standard InChI is InChI=1S/C18H23NO/c1-20-15-13-17-11-5-6-12-18(17)19-14-7-10-16-8-3-2-4-9-16/h2-6,8-9,11-12,19H,7,10,13-15H2,1H3. The van der Waals surface area contributed by atoms with Crippen LogP contribution in [0.25, 0.3) is 0 Å². The Labute approximate surface area is 121 Å². The quantitative estimate of drug-likeness (QED) is 0.733. The molecular formula is C18H23NO. The van der Waals surface area contributed by atoms with Crippen molar-refractivity contribution < 1.29 is 4.74 Å². The van der Waals surface area contributed by atoms with E-state index in [1.807, 2.05) is 0 Å². The number of hydrogen-bond donors (Lipinski definition) is 1. The van der Waals surface area contributed by atoms with Crippen LogP contribution >= 0.6 is 0 Å². The molecule has 2 aromatic carbocycles. The highest BCUT2D eigenvalue weighted by atomic mass is 16.5. The van der Waals surface area contributed by atoms with E-state index >= 15 is 0 Å². The average Bonchev–Trinajstić information content (AvgIpc) is 2.51. The van der Waals surface area contributed by atoms with E-state index in [4.69, 9.17) is 4.74 Å². The Kier molecular flexibility index (Phi) is 6.12. The van der Waals surface area contributed by atoms with Crippen LogP contribution in [0.3, 0.4) is 0 Å². The minimum absolute atomic E-state index is 0.767. The molecule has 0 aliphatic carbocycles. The predicted molar refractivity (Wildman–Crippen MR) is 85.3 cm³/mol. The molecule has 20 heavy (non-hydrogen) atoms. The fraction of sp³-hybridized carbons (Fsp3) is 0.333. The van der Waals surface area contributed by atoms with Gasteiger partial charge < -0.3 is 10.1 Å². The van der Waals surface area contributed by atoms with Crippen molar-refractivity contribution in [2.75, 3.05) is 25.6 Å². The largest absolute Gasteiger partial charge is 0.385 e. The van der Waals surface area contributed by atoms with Crippen molar-refractivity contribution in [3.8, 4) is 0 Å². The third-order valence-electron chi connectivity index (χ3n) is 3.39. The summed E-state index contributed by atoms with van der Waals surface area (Å²) in [6.07, 6.45) is 3.22. The number of benzene rings is 2. The van der Waals surface area contributed by atoms with Gasteiger partial charge in [0.05, 0.1) is 6.61 Å². The first kappa shape index (κ1) is 14.6. The van der Waals surface area contributed by atoms with Gasteiger partial charge in [-0.3, -0.25) is 0 Å². The Hall–Kier alpha value is -1.80. The summed E-state index contributed by atoms with van der Waals surface area (Å²) in [7, 11) is 1.75. The summed E-state index contributed by atoms with van der Waals surface area (Å²) in [6, 6.07) is 19.1. The van der Waals surface area contributed by atoms with Crippen LogP contribution in [-0.4, -0.2) is 20.3 Å². The van der Waals surface area contributed by atoms with Crippen LogP contribution in [-0.2, 0) is 17.6 Å². The topological polar surface area (TPSA) is 21.3 Å². The second-order valence-corrected chi connectivity index (χ2v) is 4.92. The molecule has 0 bridgehead atoms. The number of hydrogen-bond acceptors (Lipinski definition) is 2. The lowest BCUT2D eigenvalue weighted by atomic mass is 10.1. The molecule has 0 aliphatic rings. The number of rotatable bonds is 8. The van der Waals surface area contributed by atoms with Crippen LogP contribution in [0.2, 0.25) is 0 Å². The normalized spacial score (nSPS) is 10.4. The molecule has 0 atom stereocenters. The van der Waals surface area contributed by atoms with E-state index in [-0.39, 0.29) is 0 Å². The summed E-state index contributed by atoms with van der Waals surface area (Å²) < 4.78 is 5.16. The van der Waals surface area contributed by atoms with Crippen molar-refractivity contribution in [2.45, 2.75) is 19.3 Å². The zero-order chi connectivity index (χ0) is 14.0. The first-order valence-corrected chi connectivity index (χ1v) is 7.25. The smallest absolute Gasteiger partial charge is 0.0503 e. The van der Waals surface area contributed by atoms with Gasteiger partial charge in [0.15, 0.2) is 0 Å². The highest BCUT2D eigenvalue weighted by Gasteiger charge is 2.00. The molecule has 0 aliphatic heterocycles. The summed E-state index contributed by atoms with van der Waals surface area (Å²) in [6.45, 7) is 1.77. The van der Waals surface area contributed by atoms with Crippen molar-refractivity contribution in [1.29, 1.82) is 0 Å². The van der Waals surface area contributed by atoms with E-state index in [1.54, 1.807) is 7.11 Å². The molecule has 0 fully saturated rings. The van der Waals surface area contributed by atoms with Gasteiger partial charge in [0.1, 0.15) is 0 Å². The molecule has 0 unspecified atom stereocenters. The lowest BCUT2D eigenvalue weighted by Gasteiger charge is -2.11. The molecule has 0 heterocycles. The lowest BCUT2D eigenvalue weighted by Crippen LogP contribution is -2.06. The number of anilines is 1. The second-order valence-electron chi connectivity index (χ2n) is 4.92. The molecule has 0 amide bonds. The number of para-hydroxylation sites is 1. The van der Waals surface area contributed by atoms with E-state index in [0.717, 1.165) is 32.4 Å². The van der Waals surface area contributed by atoms with E-state index in [0.29, 0.717) is 0 Å². The summed E-state index contributed by atoms with van der Waals surface area (Å²) in [5.41, 5.74) is 3.97. The maximum atomic E-state index is 5.16. The van der Waals surface area contributed by atoms with Gasteiger partial charge in [-0.2, -0.15) is 0 Å². The van der Waals surface area contributed by atoms with Crippen molar-refractivity contribution in [2.24, 2.45) is 0 Å².